The molecule has 0 radical (unpaired) electrons. The first kappa shape index (κ1) is 18.0. The van der Waals surface area contributed by atoms with Crippen LogP contribution in [-0.2, 0) is 4.74 Å². The lowest BCUT2D eigenvalue weighted by Gasteiger charge is -2.09. The normalized spacial score (nSPS) is 9.84. The van der Waals surface area contributed by atoms with Crippen molar-refractivity contribution in [1.82, 2.24) is 0 Å². The van der Waals surface area contributed by atoms with E-state index in [4.69, 9.17) is 9.47 Å². The van der Waals surface area contributed by atoms with Gasteiger partial charge >= 0.3 is 5.97 Å². The molecule has 6 heteroatoms. The van der Waals surface area contributed by atoms with E-state index in [0.29, 0.717) is 17.7 Å². The van der Waals surface area contributed by atoms with Gasteiger partial charge in [0.1, 0.15) is 5.75 Å². The van der Waals surface area contributed by atoms with Crippen LogP contribution in [0, 0.1) is 11.8 Å². The third-order valence-corrected chi connectivity index (χ3v) is 3.33. The number of methoxy groups -OCH3 is 1. The number of hydrogen-bond donors (Lipinski definition) is 3. The largest absolute Gasteiger partial charge is 0.504 e. The van der Waals surface area contributed by atoms with Crippen LogP contribution in [0.15, 0.2) is 30.3 Å². The van der Waals surface area contributed by atoms with Gasteiger partial charge in [0, 0.05) is 5.56 Å². The first-order valence-corrected chi connectivity index (χ1v) is 7.59. The van der Waals surface area contributed by atoms with E-state index >= 15 is 0 Å². The van der Waals surface area contributed by atoms with Crippen molar-refractivity contribution in [2.24, 2.45) is 0 Å². The molecule has 0 spiro atoms. The van der Waals surface area contributed by atoms with Crippen molar-refractivity contribution >= 4 is 5.97 Å². The molecule has 0 aliphatic carbocycles. The lowest BCUT2D eigenvalue weighted by Crippen LogP contribution is -2.08. The molecule has 0 aliphatic heterocycles. The van der Waals surface area contributed by atoms with E-state index in [1.807, 2.05) is 6.92 Å². The molecule has 0 saturated heterocycles. The van der Waals surface area contributed by atoms with Crippen LogP contribution < -0.4 is 4.74 Å². The molecule has 0 unspecified atom stereocenters. The lowest BCUT2D eigenvalue weighted by molar-refractivity contribution is 0.0503. The highest BCUT2D eigenvalue weighted by molar-refractivity contribution is 5.95. The number of phenols is 3. The van der Waals surface area contributed by atoms with Crippen molar-refractivity contribution in [3.05, 3.63) is 47.0 Å². The van der Waals surface area contributed by atoms with Crippen molar-refractivity contribution in [1.29, 1.82) is 0 Å². The number of esters is 1. The van der Waals surface area contributed by atoms with Gasteiger partial charge in [-0.1, -0.05) is 18.8 Å². The van der Waals surface area contributed by atoms with Gasteiger partial charge in [-0.3, -0.25) is 0 Å². The molecule has 0 amide bonds. The average Bonchev–Trinajstić information content (AvgIpc) is 2.63. The van der Waals surface area contributed by atoms with E-state index in [2.05, 4.69) is 11.8 Å². The second-order valence-corrected chi connectivity index (χ2v) is 5.13. The van der Waals surface area contributed by atoms with Crippen LogP contribution in [0.1, 0.15) is 34.8 Å². The molecule has 130 valence electrons. The Morgan fingerprint density at radius 1 is 1.08 bits per heavy atom. The number of benzene rings is 2. The minimum absolute atomic E-state index is 0.118. The zero-order valence-corrected chi connectivity index (χ0v) is 13.9. The Labute approximate surface area is 145 Å². The fourth-order valence-corrected chi connectivity index (χ4v) is 2.01. The van der Waals surface area contributed by atoms with Crippen LogP contribution in [-0.4, -0.2) is 35.0 Å². The van der Waals surface area contributed by atoms with E-state index in [-0.39, 0.29) is 17.7 Å². The fraction of sp³-hybridized carbons (Fsp3) is 0.211. The van der Waals surface area contributed by atoms with Gasteiger partial charge in [0.15, 0.2) is 11.5 Å². The number of ether oxygens (including phenoxy) is 2. The highest BCUT2D eigenvalue weighted by Crippen LogP contribution is 2.39. The quantitative estimate of drug-likeness (QED) is 0.449. The first-order chi connectivity index (χ1) is 12.0. The Hall–Kier alpha value is -3.33. The van der Waals surface area contributed by atoms with Crippen molar-refractivity contribution in [3.8, 4) is 34.8 Å². The van der Waals surface area contributed by atoms with E-state index in [1.165, 1.54) is 0 Å². The van der Waals surface area contributed by atoms with Crippen molar-refractivity contribution in [2.45, 2.75) is 13.3 Å². The first-order valence-electron chi connectivity index (χ1n) is 7.59. The summed E-state index contributed by atoms with van der Waals surface area (Å²) in [6, 6.07) is 7.87. The Balaban J connectivity index is 2.46. The second kappa shape index (κ2) is 7.97. The molecule has 6 nitrogen and oxygen atoms in total. The zero-order valence-electron chi connectivity index (χ0n) is 13.9. The third-order valence-electron chi connectivity index (χ3n) is 3.33. The third kappa shape index (κ3) is 4.15. The second-order valence-electron chi connectivity index (χ2n) is 5.13. The van der Waals surface area contributed by atoms with Gasteiger partial charge in [0.2, 0.25) is 5.75 Å². The number of phenolic OH excluding ortho intramolecular Hbond substituents is 3. The van der Waals surface area contributed by atoms with Gasteiger partial charge < -0.3 is 24.8 Å². The van der Waals surface area contributed by atoms with E-state index in [1.54, 1.807) is 31.4 Å². The Kier molecular flexibility index (Phi) is 5.75. The highest BCUT2D eigenvalue weighted by atomic mass is 16.5. The molecule has 25 heavy (non-hydrogen) atoms. The molecule has 3 N–H and O–H groups in total. The lowest BCUT2D eigenvalue weighted by atomic mass is 10.0. The minimum Gasteiger partial charge on any atom is -0.504 e. The maximum absolute atomic E-state index is 12.1. The van der Waals surface area contributed by atoms with Gasteiger partial charge in [-0.2, -0.15) is 0 Å². The summed E-state index contributed by atoms with van der Waals surface area (Å²) >= 11 is 0. The monoisotopic (exact) mass is 342 g/mol. The predicted molar refractivity (Wildman–Crippen MR) is 91.0 cm³/mol. The van der Waals surface area contributed by atoms with Crippen LogP contribution in [0.2, 0.25) is 0 Å². The molecule has 2 aromatic rings. The van der Waals surface area contributed by atoms with E-state index in [9.17, 15) is 20.1 Å². The van der Waals surface area contributed by atoms with Crippen LogP contribution in [0.3, 0.4) is 0 Å². The SMILES string of the molecule is CCCOC(=O)c1cc(O)c(O)c(O)c1C#Cc1ccc(OC)cc1. The molecule has 0 bridgehead atoms. The number of hydrogen-bond acceptors (Lipinski definition) is 6. The predicted octanol–water partition coefficient (Wildman–Crippen LogP) is 2.78. The summed E-state index contributed by atoms with van der Waals surface area (Å²) in [5.41, 5.74) is 0.370. The molecule has 0 atom stereocenters. The molecule has 0 aromatic heterocycles. The van der Waals surface area contributed by atoms with Crippen molar-refractivity contribution in [3.63, 3.8) is 0 Å². The molecule has 0 heterocycles. The Morgan fingerprint density at radius 2 is 1.76 bits per heavy atom. The number of rotatable bonds is 4. The number of carbonyl (C=O) groups is 1. The van der Waals surface area contributed by atoms with E-state index < -0.39 is 23.2 Å². The van der Waals surface area contributed by atoms with Gasteiger partial charge in [0.25, 0.3) is 0 Å². The van der Waals surface area contributed by atoms with Crippen LogP contribution in [0.4, 0.5) is 0 Å². The summed E-state index contributed by atoms with van der Waals surface area (Å²) in [6.45, 7) is 2.02. The summed E-state index contributed by atoms with van der Waals surface area (Å²) < 4.78 is 10.1. The van der Waals surface area contributed by atoms with Crippen LogP contribution in [0.25, 0.3) is 0 Å². The summed E-state index contributed by atoms with van der Waals surface area (Å²) in [4.78, 5) is 12.1. The fourth-order valence-electron chi connectivity index (χ4n) is 2.01. The summed E-state index contributed by atoms with van der Waals surface area (Å²) in [5, 5.41) is 29.4. The van der Waals surface area contributed by atoms with Gasteiger partial charge in [-0.25, -0.2) is 4.79 Å². The molecule has 2 aromatic carbocycles. The van der Waals surface area contributed by atoms with E-state index in [0.717, 1.165) is 6.07 Å². The zero-order chi connectivity index (χ0) is 18.4. The van der Waals surface area contributed by atoms with Crippen LogP contribution in [0.5, 0.6) is 23.0 Å². The molecular weight excluding hydrogens is 324 g/mol. The molecule has 0 saturated carbocycles. The Morgan fingerprint density at radius 3 is 2.36 bits per heavy atom. The van der Waals surface area contributed by atoms with Gasteiger partial charge in [0.05, 0.1) is 24.8 Å². The van der Waals surface area contributed by atoms with Gasteiger partial charge in [-0.05, 0) is 36.8 Å². The van der Waals surface area contributed by atoms with Crippen molar-refractivity contribution < 1.29 is 29.6 Å². The van der Waals surface area contributed by atoms with Crippen molar-refractivity contribution in [2.75, 3.05) is 13.7 Å². The molecule has 2 rings (SSSR count). The number of carbonyl (C=O) groups excluding carboxylic acids is 1. The maximum atomic E-state index is 12.1. The highest BCUT2D eigenvalue weighted by Gasteiger charge is 2.21. The summed E-state index contributed by atoms with van der Waals surface area (Å²) in [6.07, 6.45) is 0.620. The molecular formula is C19H18O6. The maximum Gasteiger partial charge on any atom is 0.339 e. The van der Waals surface area contributed by atoms with Gasteiger partial charge in [-0.15, -0.1) is 0 Å². The standard InChI is InChI=1S/C19H18O6/c1-3-10-25-19(23)15-11-16(20)18(22)17(21)14(15)9-6-12-4-7-13(24-2)8-5-12/h4-5,7-8,11,20-22H,3,10H2,1-2H3. The topological polar surface area (TPSA) is 96.2 Å². The molecule has 0 fully saturated rings. The average molecular weight is 342 g/mol. The molecule has 0 aliphatic rings. The summed E-state index contributed by atoms with van der Waals surface area (Å²) in [7, 11) is 1.55. The number of aromatic hydroxyl groups is 3. The summed E-state index contributed by atoms with van der Waals surface area (Å²) in [5.74, 6) is 3.31. The smallest absolute Gasteiger partial charge is 0.339 e. The van der Waals surface area contributed by atoms with Crippen LogP contribution >= 0.6 is 0 Å². The minimum atomic E-state index is -0.744. The Bertz CT molecular complexity index is 828.